The molecule has 0 bridgehead atoms. The van der Waals surface area contributed by atoms with Gasteiger partial charge in [-0.2, -0.15) is 9.29 Å². The number of piperidine rings is 1. The number of sulfonamides is 1. The molecule has 1 aromatic heterocycles. The standard InChI is InChI=1S/C13H19N3O3S/c1-10-14-7-6-13(15-10)19-11-3-2-8-16(9-11)20(17,18)12-4-5-12/h6-7,11-12H,2-5,8-9H2,1H3. The summed E-state index contributed by atoms with van der Waals surface area (Å²) in [5.41, 5.74) is 0. The Labute approximate surface area is 119 Å². The van der Waals surface area contributed by atoms with Gasteiger partial charge in [-0.15, -0.1) is 0 Å². The van der Waals surface area contributed by atoms with Crippen LogP contribution in [-0.2, 0) is 10.0 Å². The number of ether oxygens (including phenoxy) is 1. The maximum atomic E-state index is 12.2. The molecule has 2 heterocycles. The van der Waals surface area contributed by atoms with E-state index in [0.29, 0.717) is 24.8 Å². The maximum Gasteiger partial charge on any atom is 0.217 e. The molecule has 1 aliphatic carbocycles. The van der Waals surface area contributed by atoms with Crippen LogP contribution < -0.4 is 4.74 Å². The molecular weight excluding hydrogens is 278 g/mol. The summed E-state index contributed by atoms with van der Waals surface area (Å²) in [6, 6.07) is 1.71. The fourth-order valence-electron chi connectivity index (χ4n) is 2.48. The Hall–Kier alpha value is -1.21. The van der Waals surface area contributed by atoms with Gasteiger partial charge in [0.2, 0.25) is 15.9 Å². The van der Waals surface area contributed by atoms with Crippen LogP contribution >= 0.6 is 0 Å². The first kappa shape index (κ1) is 13.8. The van der Waals surface area contributed by atoms with Crippen LogP contribution in [0.2, 0.25) is 0 Å². The normalized spacial score (nSPS) is 24.6. The first-order valence-electron chi connectivity index (χ1n) is 7.01. The minimum Gasteiger partial charge on any atom is -0.473 e. The highest BCUT2D eigenvalue weighted by atomic mass is 32.2. The summed E-state index contributed by atoms with van der Waals surface area (Å²) >= 11 is 0. The fraction of sp³-hybridized carbons (Fsp3) is 0.692. The summed E-state index contributed by atoms with van der Waals surface area (Å²) in [5, 5.41) is -0.150. The summed E-state index contributed by atoms with van der Waals surface area (Å²) < 4.78 is 31.9. The van der Waals surface area contributed by atoms with Crippen LogP contribution in [0, 0.1) is 6.92 Å². The Balaban J connectivity index is 1.66. The molecule has 2 fully saturated rings. The Bertz CT molecular complexity index is 586. The third-order valence-corrected chi connectivity index (χ3v) is 6.05. The lowest BCUT2D eigenvalue weighted by Crippen LogP contribution is -2.45. The van der Waals surface area contributed by atoms with Crippen LogP contribution in [-0.4, -0.2) is 47.1 Å². The minimum absolute atomic E-state index is 0.119. The molecule has 7 heteroatoms. The van der Waals surface area contributed by atoms with E-state index in [1.165, 1.54) is 0 Å². The molecule has 1 saturated heterocycles. The van der Waals surface area contributed by atoms with Gasteiger partial charge >= 0.3 is 0 Å². The lowest BCUT2D eigenvalue weighted by molar-refractivity contribution is 0.124. The van der Waals surface area contributed by atoms with Gasteiger partial charge in [0.15, 0.2) is 0 Å². The molecule has 1 saturated carbocycles. The van der Waals surface area contributed by atoms with Crippen molar-refractivity contribution in [2.45, 2.75) is 44.0 Å². The largest absolute Gasteiger partial charge is 0.473 e. The number of hydrogen-bond acceptors (Lipinski definition) is 5. The Morgan fingerprint density at radius 3 is 2.85 bits per heavy atom. The summed E-state index contributed by atoms with van der Waals surface area (Å²) in [5.74, 6) is 1.17. The second kappa shape index (κ2) is 5.29. The zero-order valence-electron chi connectivity index (χ0n) is 11.5. The molecule has 0 aromatic carbocycles. The molecule has 1 aliphatic heterocycles. The van der Waals surface area contributed by atoms with Crippen LogP contribution in [0.5, 0.6) is 5.88 Å². The zero-order valence-corrected chi connectivity index (χ0v) is 12.3. The van der Waals surface area contributed by atoms with E-state index in [2.05, 4.69) is 9.97 Å². The molecule has 0 N–H and O–H groups in total. The summed E-state index contributed by atoms with van der Waals surface area (Å²) in [4.78, 5) is 8.22. The van der Waals surface area contributed by atoms with Crippen molar-refractivity contribution in [3.63, 3.8) is 0 Å². The molecule has 0 radical (unpaired) electrons. The highest BCUT2D eigenvalue weighted by Gasteiger charge is 2.41. The lowest BCUT2D eigenvalue weighted by Gasteiger charge is -2.31. The Kier molecular flexibility index (Phi) is 3.64. The van der Waals surface area contributed by atoms with Gasteiger partial charge < -0.3 is 4.74 Å². The molecule has 0 amide bonds. The van der Waals surface area contributed by atoms with E-state index in [1.54, 1.807) is 23.5 Å². The summed E-state index contributed by atoms with van der Waals surface area (Å²) in [6.07, 6.45) is 4.83. The second-order valence-corrected chi connectivity index (χ2v) is 7.64. The van der Waals surface area contributed by atoms with Gasteiger partial charge in [-0.1, -0.05) is 0 Å². The predicted molar refractivity (Wildman–Crippen MR) is 73.9 cm³/mol. The van der Waals surface area contributed by atoms with Crippen LogP contribution in [0.25, 0.3) is 0 Å². The number of rotatable bonds is 4. The van der Waals surface area contributed by atoms with E-state index in [0.717, 1.165) is 25.7 Å². The lowest BCUT2D eigenvalue weighted by atomic mass is 10.1. The number of nitrogens with zero attached hydrogens (tertiary/aromatic N) is 3. The molecule has 20 heavy (non-hydrogen) atoms. The van der Waals surface area contributed by atoms with E-state index in [1.807, 2.05) is 0 Å². The van der Waals surface area contributed by atoms with Gasteiger partial charge in [-0.05, 0) is 32.6 Å². The molecule has 1 unspecified atom stereocenters. The summed E-state index contributed by atoms with van der Waals surface area (Å²) in [7, 11) is -3.10. The molecule has 1 aromatic rings. The van der Waals surface area contributed by atoms with Crippen molar-refractivity contribution in [2.24, 2.45) is 0 Å². The molecule has 6 nitrogen and oxygen atoms in total. The molecule has 2 aliphatic rings. The van der Waals surface area contributed by atoms with E-state index >= 15 is 0 Å². The van der Waals surface area contributed by atoms with Crippen molar-refractivity contribution in [1.82, 2.24) is 14.3 Å². The van der Waals surface area contributed by atoms with Gasteiger partial charge in [0.05, 0.1) is 11.8 Å². The third kappa shape index (κ3) is 2.93. The van der Waals surface area contributed by atoms with Crippen molar-refractivity contribution < 1.29 is 13.2 Å². The van der Waals surface area contributed by atoms with Gasteiger partial charge in [-0.25, -0.2) is 13.4 Å². The fourth-order valence-corrected chi connectivity index (χ4v) is 4.39. The van der Waals surface area contributed by atoms with Gasteiger partial charge in [-0.3, -0.25) is 0 Å². The maximum absolute atomic E-state index is 12.2. The second-order valence-electron chi connectivity index (χ2n) is 5.43. The number of hydrogen-bond donors (Lipinski definition) is 0. The van der Waals surface area contributed by atoms with Crippen molar-refractivity contribution in [1.29, 1.82) is 0 Å². The minimum atomic E-state index is -3.10. The highest BCUT2D eigenvalue weighted by molar-refractivity contribution is 7.90. The van der Waals surface area contributed by atoms with Gasteiger partial charge in [0.25, 0.3) is 0 Å². The van der Waals surface area contributed by atoms with Gasteiger partial charge in [0.1, 0.15) is 11.9 Å². The monoisotopic (exact) mass is 297 g/mol. The molecular formula is C13H19N3O3S. The third-order valence-electron chi connectivity index (χ3n) is 3.68. The van der Waals surface area contributed by atoms with Crippen LogP contribution in [0.4, 0.5) is 0 Å². The van der Waals surface area contributed by atoms with E-state index < -0.39 is 10.0 Å². The number of aryl methyl sites for hydroxylation is 1. The molecule has 110 valence electrons. The Morgan fingerprint density at radius 2 is 2.15 bits per heavy atom. The molecule has 3 rings (SSSR count). The quantitative estimate of drug-likeness (QED) is 0.832. The SMILES string of the molecule is Cc1nccc(OC2CCCN(S(=O)(=O)C3CC3)C2)n1. The van der Waals surface area contributed by atoms with Gasteiger partial charge in [0, 0.05) is 18.8 Å². The van der Waals surface area contributed by atoms with E-state index in [9.17, 15) is 8.42 Å². The number of aromatic nitrogens is 2. The average Bonchev–Trinajstić information content (AvgIpc) is 3.23. The van der Waals surface area contributed by atoms with Crippen molar-refractivity contribution in [3.8, 4) is 5.88 Å². The molecule has 1 atom stereocenters. The predicted octanol–water partition coefficient (Wildman–Crippen LogP) is 1.12. The van der Waals surface area contributed by atoms with Crippen molar-refractivity contribution in [3.05, 3.63) is 18.1 Å². The van der Waals surface area contributed by atoms with E-state index in [-0.39, 0.29) is 11.4 Å². The van der Waals surface area contributed by atoms with Crippen molar-refractivity contribution >= 4 is 10.0 Å². The van der Waals surface area contributed by atoms with Crippen molar-refractivity contribution in [2.75, 3.05) is 13.1 Å². The summed E-state index contributed by atoms with van der Waals surface area (Å²) in [6.45, 7) is 2.85. The topological polar surface area (TPSA) is 72.4 Å². The van der Waals surface area contributed by atoms with Crippen LogP contribution in [0.15, 0.2) is 12.3 Å². The smallest absolute Gasteiger partial charge is 0.217 e. The first-order chi connectivity index (χ1) is 9.55. The zero-order chi connectivity index (χ0) is 14.2. The highest BCUT2D eigenvalue weighted by Crippen LogP contribution is 2.32. The van der Waals surface area contributed by atoms with Crippen LogP contribution in [0.1, 0.15) is 31.5 Å². The first-order valence-corrected chi connectivity index (χ1v) is 8.51. The Morgan fingerprint density at radius 1 is 1.35 bits per heavy atom. The average molecular weight is 297 g/mol. The van der Waals surface area contributed by atoms with E-state index in [4.69, 9.17) is 4.74 Å². The molecule has 0 spiro atoms. The van der Waals surface area contributed by atoms with Crippen LogP contribution in [0.3, 0.4) is 0 Å².